The summed E-state index contributed by atoms with van der Waals surface area (Å²) in [5, 5.41) is 3.57. The fraction of sp³-hybridized carbons (Fsp3) is 0.588. The predicted molar refractivity (Wildman–Crippen MR) is 89.9 cm³/mol. The smallest absolute Gasteiger partial charge is 0.238 e. The largest absolute Gasteiger partial charge is 0.378 e. The van der Waals surface area contributed by atoms with Crippen LogP contribution in [0.25, 0.3) is 0 Å². The second-order valence-electron chi connectivity index (χ2n) is 6.30. The monoisotopic (exact) mass is 338 g/mol. The summed E-state index contributed by atoms with van der Waals surface area (Å²) in [6.07, 6.45) is 3.08. The maximum atomic E-state index is 12.3. The van der Waals surface area contributed by atoms with E-state index < -0.39 is 0 Å². The first-order chi connectivity index (χ1) is 11.1. The first-order valence-electron chi connectivity index (χ1n) is 8.06. The summed E-state index contributed by atoms with van der Waals surface area (Å²) >= 11 is 5.85. The zero-order valence-corrected chi connectivity index (χ0v) is 14.1. The van der Waals surface area contributed by atoms with E-state index in [2.05, 4.69) is 10.2 Å². The van der Waals surface area contributed by atoms with Crippen molar-refractivity contribution in [1.82, 2.24) is 4.90 Å². The maximum Gasteiger partial charge on any atom is 0.238 e. The molecule has 2 saturated heterocycles. The fourth-order valence-corrected chi connectivity index (χ4v) is 3.75. The average Bonchev–Trinajstić information content (AvgIpc) is 2.98. The molecule has 0 bridgehead atoms. The zero-order valence-electron chi connectivity index (χ0n) is 13.4. The number of rotatable bonds is 4. The molecule has 0 saturated carbocycles. The molecule has 3 rings (SSSR count). The lowest BCUT2D eigenvalue weighted by atomic mass is 9.87. The van der Waals surface area contributed by atoms with Crippen LogP contribution in [0.15, 0.2) is 24.3 Å². The van der Waals surface area contributed by atoms with E-state index in [0.717, 1.165) is 44.6 Å². The van der Waals surface area contributed by atoms with Gasteiger partial charge in [-0.05, 0) is 43.5 Å². The van der Waals surface area contributed by atoms with Crippen LogP contribution in [-0.2, 0) is 14.3 Å². The molecule has 2 atom stereocenters. The number of anilines is 1. The highest BCUT2D eigenvalue weighted by Crippen LogP contribution is 2.36. The number of benzene rings is 1. The lowest BCUT2D eigenvalue weighted by Crippen LogP contribution is -2.58. The average molecular weight is 339 g/mol. The third-order valence-corrected chi connectivity index (χ3v) is 4.95. The topological polar surface area (TPSA) is 50.8 Å². The van der Waals surface area contributed by atoms with Crippen molar-refractivity contribution in [2.45, 2.75) is 31.0 Å². The van der Waals surface area contributed by atoms with Crippen molar-refractivity contribution in [3.05, 3.63) is 29.3 Å². The Balaban J connectivity index is 1.57. The van der Waals surface area contributed by atoms with Gasteiger partial charge in [0.05, 0.1) is 12.6 Å². The predicted octanol–water partition coefficient (Wildman–Crippen LogP) is 2.55. The highest BCUT2D eigenvalue weighted by molar-refractivity contribution is 6.30. The lowest BCUT2D eigenvalue weighted by molar-refractivity contribution is -0.146. The van der Waals surface area contributed by atoms with Gasteiger partial charge >= 0.3 is 0 Å². The first-order valence-corrected chi connectivity index (χ1v) is 8.44. The van der Waals surface area contributed by atoms with Gasteiger partial charge in [0.25, 0.3) is 0 Å². The molecule has 2 aliphatic heterocycles. The standard InChI is InChI=1S/C17H23ClN2O3/c1-22-15-7-9-20(12-17(15)8-2-10-23-17)11-16(21)19-14-5-3-13(18)4-6-14/h3-6,15H,2,7-12H2,1H3,(H,19,21)/t15-,17+/m1/s1. The van der Waals surface area contributed by atoms with E-state index in [-0.39, 0.29) is 17.6 Å². The van der Waals surface area contributed by atoms with Crippen molar-refractivity contribution in [3.8, 4) is 0 Å². The number of nitrogens with zero attached hydrogens (tertiary/aromatic N) is 1. The van der Waals surface area contributed by atoms with Crippen LogP contribution >= 0.6 is 11.6 Å². The molecule has 0 unspecified atom stereocenters. The minimum atomic E-state index is -0.243. The number of likely N-dealkylation sites (tertiary alicyclic amines) is 1. The molecule has 2 fully saturated rings. The zero-order chi connectivity index (χ0) is 16.3. The third kappa shape index (κ3) is 3.86. The minimum absolute atomic E-state index is 0.0173. The Morgan fingerprint density at radius 2 is 2.26 bits per heavy atom. The molecular formula is C17H23ClN2O3. The fourth-order valence-electron chi connectivity index (χ4n) is 3.62. The van der Waals surface area contributed by atoms with E-state index in [1.54, 1.807) is 31.4 Å². The van der Waals surface area contributed by atoms with Crippen LogP contribution in [-0.4, -0.2) is 55.9 Å². The van der Waals surface area contributed by atoms with E-state index in [9.17, 15) is 4.79 Å². The van der Waals surface area contributed by atoms with Crippen molar-refractivity contribution in [2.75, 3.05) is 38.7 Å². The Hall–Kier alpha value is -1.14. The van der Waals surface area contributed by atoms with Gasteiger partial charge in [0.1, 0.15) is 5.60 Å². The van der Waals surface area contributed by atoms with Crippen molar-refractivity contribution in [1.29, 1.82) is 0 Å². The SMILES string of the molecule is CO[C@@H]1CCN(CC(=O)Nc2ccc(Cl)cc2)C[C@@]12CCCO2. The molecule has 0 radical (unpaired) electrons. The number of piperidine rings is 1. The molecule has 0 aromatic heterocycles. The molecule has 1 amide bonds. The molecule has 0 aliphatic carbocycles. The Kier molecular flexibility index (Phi) is 5.21. The molecule has 5 nitrogen and oxygen atoms in total. The molecule has 6 heteroatoms. The maximum absolute atomic E-state index is 12.3. The molecule has 2 aliphatic rings. The second-order valence-corrected chi connectivity index (χ2v) is 6.73. The number of halogens is 1. The number of carbonyl (C=O) groups excluding carboxylic acids is 1. The quantitative estimate of drug-likeness (QED) is 0.916. The van der Waals surface area contributed by atoms with Gasteiger partial charge in [-0.1, -0.05) is 11.6 Å². The highest BCUT2D eigenvalue weighted by atomic mass is 35.5. The molecule has 1 spiro atoms. The third-order valence-electron chi connectivity index (χ3n) is 4.70. The van der Waals surface area contributed by atoms with E-state index in [1.807, 2.05) is 0 Å². The van der Waals surface area contributed by atoms with Gasteiger partial charge in [0, 0.05) is 37.5 Å². The van der Waals surface area contributed by atoms with Crippen molar-refractivity contribution >= 4 is 23.2 Å². The number of hydrogen-bond acceptors (Lipinski definition) is 4. The van der Waals surface area contributed by atoms with E-state index in [1.165, 1.54) is 0 Å². The van der Waals surface area contributed by atoms with Gasteiger partial charge in [-0.25, -0.2) is 0 Å². The van der Waals surface area contributed by atoms with Gasteiger partial charge in [0.2, 0.25) is 5.91 Å². The number of hydrogen-bond donors (Lipinski definition) is 1. The molecule has 23 heavy (non-hydrogen) atoms. The lowest BCUT2D eigenvalue weighted by Gasteiger charge is -2.44. The van der Waals surface area contributed by atoms with Crippen LogP contribution in [0.3, 0.4) is 0 Å². The van der Waals surface area contributed by atoms with Crippen LogP contribution in [0.4, 0.5) is 5.69 Å². The summed E-state index contributed by atoms with van der Waals surface area (Å²) in [4.78, 5) is 14.4. The van der Waals surface area contributed by atoms with Gasteiger partial charge in [0.15, 0.2) is 0 Å². The molecule has 1 aromatic carbocycles. The number of ether oxygens (including phenoxy) is 2. The molecule has 1 N–H and O–H groups in total. The van der Waals surface area contributed by atoms with E-state index in [4.69, 9.17) is 21.1 Å². The Morgan fingerprint density at radius 1 is 1.48 bits per heavy atom. The highest BCUT2D eigenvalue weighted by Gasteiger charge is 2.47. The summed E-state index contributed by atoms with van der Waals surface area (Å²) < 4.78 is 11.6. The van der Waals surface area contributed by atoms with Crippen LogP contribution in [0, 0.1) is 0 Å². The van der Waals surface area contributed by atoms with Crippen molar-refractivity contribution in [2.24, 2.45) is 0 Å². The van der Waals surface area contributed by atoms with Crippen LogP contribution in [0.5, 0.6) is 0 Å². The van der Waals surface area contributed by atoms with Gasteiger partial charge < -0.3 is 14.8 Å². The van der Waals surface area contributed by atoms with Crippen LogP contribution in [0.2, 0.25) is 5.02 Å². The van der Waals surface area contributed by atoms with Gasteiger partial charge in [-0.3, -0.25) is 9.69 Å². The van der Waals surface area contributed by atoms with E-state index in [0.29, 0.717) is 11.6 Å². The molecule has 2 heterocycles. The Morgan fingerprint density at radius 3 is 2.91 bits per heavy atom. The van der Waals surface area contributed by atoms with Crippen molar-refractivity contribution in [3.63, 3.8) is 0 Å². The van der Waals surface area contributed by atoms with Crippen LogP contribution in [0.1, 0.15) is 19.3 Å². The molecule has 1 aromatic rings. The Labute approximate surface area is 141 Å². The first kappa shape index (κ1) is 16.7. The normalized spacial score (nSPS) is 28.2. The van der Waals surface area contributed by atoms with Gasteiger partial charge in [-0.15, -0.1) is 0 Å². The summed E-state index contributed by atoms with van der Waals surface area (Å²) in [5.41, 5.74) is 0.520. The van der Waals surface area contributed by atoms with Crippen molar-refractivity contribution < 1.29 is 14.3 Å². The minimum Gasteiger partial charge on any atom is -0.378 e. The van der Waals surface area contributed by atoms with Crippen LogP contribution < -0.4 is 5.32 Å². The molecular weight excluding hydrogens is 316 g/mol. The summed E-state index contributed by atoms with van der Waals surface area (Å²) in [5.74, 6) is -0.0173. The number of carbonyl (C=O) groups is 1. The summed E-state index contributed by atoms with van der Waals surface area (Å²) in [6.45, 7) is 2.74. The second kappa shape index (κ2) is 7.18. The molecule has 126 valence electrons. The van der Waals surface area contributed by atoms with Gasteiger partial charge in [-0.2, -0.15) is 0 Å². The van der Waals surface area contributed by atoms with E-state index >= 15 is 0 Å². The summed E-state index contributed by atoms with van der Waals surface area (Å²) in [7, 11) is 1.75. The number of amides is 1. The Bertz CT molecular complexity index is 543. The summed E-state index contributed by atoms with van der Waals surface area (Å²) in [6, 6.07) is 7.14. The number of nitrogens with one attached hydrogen (secondary N) is 1. The number of methoxy groups -OCH3 is 1.